The normalized spacial score (nSPS) is 14.9. The number of nitrogens with zero attached hydrogens (tertiary/aromatic N) is 2. The zero-order chi connectivity index (χ0) is 19.5. The maximum Gasteiger partial charge on any atom is 0.335 e. The second kappa shape index (κ2) is 7.80. The number of likely N-dealkylation sites (tertiary alicyclic amines) is 1. The molecule has 0 bridgehead atoms. The molecular formula is C23H22N2O3. The van der Waals surface area contributed by atoms with E-state index >= 15 is 0 Å². The van der Waals surface area contributed by atoms with Gasteiger partial charge >= 0.3 is 5.97 Å². The lowest BCUT2D eigenvalue weighted by atomic mass is 9.88. The fourth-order valence-corrected chi connectivity index (χ4v) is 4.02. The van der Waals surface area contributed by atoms with E-state index < -0.39 is 5.97 Å². The molecule has 5 nitrogen and oxygen atoms in total. The number of hydrogen-bond acceptors (Lipinski definition) is 3. The molecule has 1 aromatic heterocycles. The van der Waals surface area contributed by atoms with Gasteiger partial charge in [0.15, 0.2) is 0 Å². The number of rotatable bonds is 4. The van der Waals surface area contributed by atoms with E-state index in [1.807, 2.05) is 41.3 Å². The average Bonchev–Trinajstić information content (AvgIpc) is 2.73. The van der Waals surface area contributed by atoms with Crippen molar-refractivity contribution in [3.8, 4) is 0 Å². The maximum atomic E-state index is 13.0. The average molecular weight is 374 g/mol. The van der Waals surface area contributed by atoms with Crippen LogP contribution in [0.2, 0.25) is 0 Å². The number of fused-ring (bicyclic) bond motifs is 1. The minimum Gasteiger partial charge on any atom is -0.478 e. The molecule has 5 heteroatoms. The van der Waals surface area contributed by atoms with Crippen LogP contribution in [0.3, 0.4) is 0 Å². The van der Waals surface area contributed by atoms with Gasteiger partial charge in [0.25, 0.3) is 5.91 Å². The van der Waals surface area contributed by atoms with Crippen LogP contribution in [0.15, 0.2) is 60.9 Å². The molecule has 0 saturated carbocycles. The molecular weight excluding hydrogens is 352 g/mol. The fraction of sp³-hybridized carbons (Fsp3) is 0.261. The van der Waals surface area contributed by atoms with Gasteiger partial charge in [-0.15, -0.1) is 0 Å². The molecule has 1 saturated heterocycles. The molecule has 3 aromatic rings. The van der Waals surface area contributed by atoms with E-state index in [-0.39, 0.29) is 5.91 Å². The minimum atomic E-state index is -0.883. The molecule has 1 N–H and O–H groups in total. The van der Waals surface area contributed by atoms with Gasteiger partial charge in [0.1, 0.15) is 0 Å². The fourth-order valence-electron chi connectivity index (χ4n) is 4.02. The monoisotopic (exact) mass is 374 g/mol. The van der Waals surface area contributed by atoms with Crippen LogP contribution >= 0.6 is 0 Å². The third-order valence-corrected chi connectivity index (χ3v) is 5.56. The summed E-state index contributed by atoms with van der Waals surface area (Å²) in [4.78, 5) is 30.6. The lowest BCUT2D eigenvalue weighted by Crippen LogP contribution is -2.39. The van der Waals surface area contributed by atoms with Gasteiger partial charge in [0.05, 0.1) is 11.1 Å². The van der Waals surface area contributed by atoms with Crippen LogP contribution in [0.5, 0.6) is 0 Å². The Morgan fingerprint density at radius 3 is 2.46 bits per heavy atom. The lowest BCUT2D eigenvalue weighted by molar-refractivity contribution is 0.0692. The predicted molar refractivity (Wildman–Crippen MR) is 107 cm³/mol. The number of pyridine rings is 1. The number of amides is 1. The molecule has 2 aromatic carbocycles. The van der Waals surface area contributed by atoms with Crippen molar-refractivity contribution in [1.82, 2.24) is 9.88 Å². The van der Waals surface area contributed by atoms with Gasteiger partial charge in [-0.05, 0) is 42.2 Å². The Hall–Kier alpha value is -3.21. The summed E-state index contributed by atoms with van der Waals surface area (Å²) in [5, 5.41) is 11.3. The summed E-state index contributed by atoms with van der Waals surface area (Å²) in [6.45, 7) is 1.36. The number of carboxylic acids is 1. The van der Waals surface area contributed by atoms with Gasteiger partial charge in [-0.2, -0.15) is 0 Å². The van der Waals surface area contributed by atoms with Crippen molar-refractivity contribution >= 4 is 22.6 Å². The van der Waals surface area contributed by atoms with Gasteiger partial charge in [0.2, 0.25) is 0 Å². The van der Waals surface area contributed by atoms with Crippen molar-refractivity contribution in [2.45, 2.75) is 19.3 Å². The Labute approximate surface area is 163 Å². The minimum absolute atomic E-state index is 0.0219. The highest BCUT2D eigenvalue weighted by Gasteiger charge is 2.25. The second-order valence-corrected chi connectivity index (χ2v) is 7.31. The summed E-state index contributed by atoms with van der Waals surface area (Å²) in [5.74, 6) is -0.476. The molecule has 0 radical (unpaired) electrons. The number of carbonyl (C=O) groups excluding carboxylic acids is 1. The predicted octanol–water partition coefficient (Wildman–Crippen LogP) is 4.03. The SMILES string of the molecule is O=C(O)c1ccccc1CC1CCN(C(=O)c2cncc3ccccc23)CC1. The number of carbonyl (C=O) groups is 2. The standard InChI is InChI=1S/C23H22N2O3/c26-22(21-15-24-14-18-6-2-3-7-19(18)21)25-11-9-16(10-12-25)13-17-5-1-4-8-20(17)23(27)28/h1-8,14-16H,9-13H2,(H,27,28). The summed E-state index contributed by atoms with van der Waals surface area (Å²) in [7, 11) is 0. The maximum absolute atomic E-state index is 13.0. The number of piperidine rings is 1. The van der Waals surface area contributed by atoms with Crippen LogP contribution in [0.25, 0.3) is 10.8 Å². The lowest BCUT2D eigenvalue weighted by Gasteiger charge is -2.32. The molecule has 1 aliphatic heterocycles. The van der Waals surface area contributed by atoms with Crippen LogP contribution in [-0.4, -0.2) is 40.0 Å². The first kappa shape index (κ1) is 18.2. The van der Waals surface area contributed by atoms with E-state index in [9.17, 15) is 14.7 Å². The van der Waals surface area contributed by atoms with Crippen molar-refractivity contribution in [3.63, 3.8) is 0 Å². The zero-order valence-electron chi connectivity index (χ0n) is 15.5. The van der Waals surface area contributed by atoms with Gasteiger partial charge < -0.3 is 10.0 Å². The highest BCUT2D eigenvalue weighted by Crippen LogP contribution is 2.26. The van der Waals surface area contributed by atoms with Gasteiger partial charge in [0, 0.05) is 30.9 Å². The summed E-state index contributed by atoms with van der Waals surface area (Å²) < 4.78 is 0. The summed E-state index contributed by atoms with van der Waals surface area (Å²) >= 11 is 0. The highest BCUT2D eigenvalue weighted by atomic mass is 16.4. The number of aromatic carboxylic acids is 1. The van der Waals surface area contributed by atoms with Crippen molar-refractivity contribution < 1.29 is 14.7 Å². The Morgan fingerprint density at radius 1 is 0.964 bits per heavy atom. The van der Waals surface area contributed by atoms with Crippen LogP contribution in [0, 0.1) is 5.92 Å². The molecule has 1 fully saturated rings. The zero-order valence-corrected chi connectivity index (χ0v) is 15.5. The first-order valence-electron chi connectivity index (χ1n) is 9.56. The molecule has 142 valence electrons. The van der Waals surface area contributed by atoms with E-state index in [0.717, 1.165) is 35.6 Å². The largest absolute Gasteiger partial charge is 0.478 e. The second-order valence-electron chi connectivity index (χ2n) is 7.31. The van der Waals surface area contributed by atoms with E-state index in [0.29, 0.717) is 30.1 Å². The van der Waals surface area contributed by atoms with Crippen LogP contribution in [0.4, 0.5) is 0 Å². The Bertz CT molecular complexity index is 1020. The quantitative estimate of drug-likeness (QED) is 0.749. The molecule has 2 heterocycles. The van der Waals surface area contributed by atoms with E-state index in [4.69, 9.17) is 0 Å². The molecule has 0 atom stereocenters. The molecule has 0 aliphatic carbocycles. The topological polar surface area (TPSA) is 70.5 Å². The first-order valence-corrected chi connectivity index (χ1v) is 9.56. The highest BCUT2D eigenvalue weighted by molar-refractivity contribution is 6.06. The van der Waals surface area contributed by atoms with Gasteiger partial charge in [-0.3, -0.25) is 9.78 Å². The first-order chi connectivity index (χ1) is 13.6. The Kier molecular flexibility index (Phi) is 5.06. The van der Waals surface area contributed by atoms with E-state index in [1.165, 1.54) is 0 Å². The van der Waals surface area contributed by atoms with Crippen LogP contribution in [-0.2, 0) is 6.42 Å². The van der Waals surface area contributed by atoms with Crippen LogP contribution < -0.4 is 0 Å². The van der Waals surface area contributed by atoms with Gasteiger partial charge in [-0.1, -0.05) is 42.5 Å². The molecule has 1 aliphatic rings. The number of benzene rings is 2. The van der Waals surface area contributed by atoms with Crippen molar-refractivity contribution in [2.24, 2.45) is 5.92 Å². The Morgan fingerprint density at radius 2 is 1.68 bits per heavy atom. The van der Waals surface area contributed by atoms with E-state index in [2.05, 4.69) is 4.98 Å². The molecule has 0 spiro atoms. The number of aromatic nitrogens is 1. The third kappa shape index (κ3) is 3.60. The summed E-state index contributed by atoms with van der Waals surface area (Å²) in [6, 6.07) is 15.0. The molecule has 4 rings (SSSR count). The van der Waals surface area contributed by atoms with Gasteiger partial charge in [-0.25, -0.2) is 4.79 Å². The summed E-state index contributed by atoms with van der Waals surface area (Å²) in [6.07, 6.45) is 5.91. The van der Waals surface area contributed by atoms with Crippen molar-refractivity contribution in [1.29, 1.82) is 0 Å². The molecule has 28 heavy (non-hydrogen) atoms. The summed E-state index contributed by atoms with van der Waals surface area (Å²) in [5.41, 5.74) is 1.90. The molecule has 1 amide bonds. The molecule has 0 unspecified atom stereocenters. The smallest absolute Gasteiger partial charge is 0.335 e. The number of hydrogen-bond donors (Lipinski definition) is 1. The Balaban J connectivity index is 1.44. The van der Waals surface area contributed by atoms with Crippen molar-refractivity contribution in [3.05, 3.63) is 77.6 Å². The van der Waals surface area contributed by atoms with Crippen LogP contribution in [0.1, 0.15) is 39.1 Å². The van der Waals surface area contributed by atoms with E-state index in [1.54, 1.807) is 24.5 Å². The number of carboxylic acid groups (broad SMARTS) is 1. The third-order valence-electron chi connectivity index (χ3n) is 5.56. The van der Waals surface area contributed by atoms with Crippen molar-refractivity contribution in [2.75, 3.05) is 13.1 Å².